The molecule has 0 atom stereocenters. The summed E-state index contributed by atoms with van der Waals surface area (Å²) in [5.41, 5.74) is 7.87. The number of halogens is 1. The molecule has 0 aliphatic carbocycles. The van der Waals surface area contributed by atoms with Crippen LogP contribution in [0.15, 0.2) is 34.8 Å². The first-order chi connectivity index (χ1) is 9.74. The minimum atomic E-state index is 0.520. The van der Waals surface area contributed by atoms with E-state index in [4.69, 9.17) is 10.7 Å². The molecule has 0 unspecified atom stereocenters. The zero-order valence-electron chi connectivity index (χ0n) is 11.2. The fourth-order valence-electron chi connectivity index (χ4n) is 2.50. The molecule has 104 valence electrons. The van der Waals surface area contributed by atoms with E-state index in [2.05, 4.69) is 25.8 Å². The minimum Gasteiger partial charge on any atom is -0.384 e. The summed E-state index contributed by atoms with van der Waals surface area (Å²) in [6.45, 7) is 2.03. The maximum absolute atomic E-state index is 5.96. The number of piperidine rings is 1. The Morgan fingerprint density at radius 3 is 2.55 bits per heavy atom. The number of anilines is 2. The average molecular weight is 333 g/mol. The lowest BCUT2D eigenvalue weighted by atomic mass is 10.1. The lowest BCUT2D eigenvalue weighted by Crippen LogP contribution is -2.31. The molecule has 1 aliphatic heterocycles. The Morgan fingerprint density at radius 1 is 1.05 bits per heavy atom. The van der Waals surface area contributed by atoms with E-state index in [1.54, 1.807) is 0 Å². The molecule has 1 aromatic heterocycles. The van der Waals surface area contributed by atoms with Crippen molar-refractivity contribution in [3.63, 3.8) is 0 Å². The van der Waals surface area contributed by atoms with Gasteiger partial charge in [-0.25, -0.2) is 4.98 Å². The molecule has 0 saturated carbocycles. The molecule has 2 aromatic rings. The van der Waals surface area contributed by atoms with Crippen molar-refractivity contribution >= 4 is 27.7 Å². The highest BCUT2D eigenvalue weighted by Crippen LogP contribution is 2.29. The molecule has 0 spiro atoms. The zero-order valence-corrected chi connectivity index (χ0v) is 12.8. The van der Waals surface area contributed by atoms with Crippen LogP contribution in [0.3, 0.4) is 0 Å². The molecular formula is C15H17BrN4. The molecule has 1 fully saturated rings. The normalized spacial score (nSPS) is 15.3. The number of benzene rings is 1. The summed E-state index contributed by atoms with van der Waals surface area (Å²) in [6, 6.07) is 9.86. The molecular weight excluding hydrogens is 316 g/mol. The van der Waals surface area contributed by atoms with Gasteiger partial charge in [-0.2, -0.15) is 4.98 Å². The third kappa shape index (κ3) is 2.77. The number of nitrogens with zero attached hydrogens (tertiary/aromatic N) is 3. The Bertz CT molecular complexity index is 609. The summed E-state index contributed by atoms with van der Waals surface area (Å²) in [5, 5.41) is 0. The summed E-state index contributed by atoms with van der Waals surface area (Å²) in [5.74, 6) is 1.27. The highest BCUT2D eigenvalue weighted by Gasteiger charge is 2.16. The van der Waals surface area contributed by atoms with Crippen molar-refractivity contribution in [3.05, 3.63) is 34.8 Å². The first-order valence-electron chi connectivity index (χ1n) is 6.88. The van der Waals surface area contributed by atoms with Gasteiger partial charge in [0.25, 0.3) is 0 Å². The number of nitrogen functional groups attached to an aromatic ring is 1. The van der Waals surface area contributed by atoms with Crippen LogP contribution in [-0.2, 0) is 0 Å². The van der Waals surface area contributed by atoms with E-state index in [0.717, 1.165) is 34.8 Å². The van der Waals surface area contributed by atoms with Crippen LogP contribution < -0.4 is 10.6 Å². The molecule has 5 heteroatoms. The number of hydrogen-bond acceptors (Lipinski definition) is 4. The SMILES string of the molecule is Nc1cc(-c2ccccc2Br)nc(N2CCCCC2)n1. The molecule has 1 saturated heterocycles. The van der Waals surface area contributed by atoms with Crippen molar-refractivity contribution in [1.82, 2.24) is 9.97 Å². The van der Waals surface area contributed by atoms with Gasteiger partial charge in [-0.15, -0.1) is 0 Å². The predicted molar refractivity (Wildman–Crippen MR) is 85.6 cm³/mol. The fourth-order valence-corrected chi connectivity index (χ4v) is 2.98. The second-order valence-electron chi connectivity index (χ2n) is 5.01. The van der Waals surface area contributed by atoms with E-state index in [1.807, 2.05) is 30.3 Å². The topological polar surface area (TPSA) is 55.0 Å². The quantitative estimate of drug-likeness (QED) is 0.914. The summed E-state index contributed by atoms with van der Waals surface area (Å²) < 4.78 is 1.02. The minimum absolute atomic E-state index is 0.520. The van der Waals surface area contributed by atoms with E-state index in [0.29, 0.717) is 5.82 Å². The van der Waals surface area contributed by atoms with Gasteiger partial charge < -0.3 is 10.6 Å². The van der Waals surface area contributed by atoms with Gasteiger partial charge >= 0.3 is 0 Å². The molecule has 20 heavy (non-hydrogen) atoms. The van der Waals surface area contributed by atoms with Crippen LogP contribution in [0.2, 0.25) is 0 Å². The van der Waals surface area contributed by atoms with Crippen molar-refractivity contribution in [1.29, 1.82) is 0 Å². The predicted octanol–water partition coefficient (Wildman–Crippen LogP) is 3.48. The Morgan fingerprint density at radius 2 is 1.80 bits per heavy atom. The number of aromatic nitrogens is 2. The lowest BCUT2D eigenvalue weighted by molar-refractivity contribution is 0.568. The molecule has 0 amide bonds. The molecule has 1 aromatic carbocycles. The monoisotopic (exact) mass is 332 g/mol. The van der Waals surface area contributed by atoms with Gasteiger partial charge in [0.05, 0.1) is 5.69 Å². The Labute approximate surface area is 127 Å². The van der Waals surface area contributed by atoms with E-state index < -0.39 is 0 Å². The maximum atomic E-state index is 5.96. The highest BCUT2D eigenvalue weighted by atomic mass is 79.9. The van der Waals surface area contributed by atoms with Crippen LogP contribution in [0.5, 0.6) is 0 Å². The van der Waals surface area contributed by atoms with Crippen molar-refractivity contribution in [2.45, 2.75) is 19.3 Å². The number of hydrogen-bond donors (Lipinski definition) is 1. The van der Waals surface area contributed by atoms with Crippen LogP contribution in [0.25, 0.3) is 11.3 Å². The molecule has 2 heterocycles. The summed E-state index contributed by atoms with van der Waals surface area (Å²) in [4.78, 5) is 11.3. The third-order valence-electron chi connectivity index (χ3n) is 3.52. The first-order valence-corrected chi connectivity index (χ1v) is 7.68. The van der Waals surface area contributed by atoms with Crippen molar-refractivity contribution in [2.24, 2.45) is 0 Å². The number of rotatable bonds is 2. The Hall–Kier alpha value is -1.62. The van der Waals surface area contributed by atoms with Crippen molar-refractivity contribution < 1.29 is 0 Å². The van der Waals surface area contributed by atoms with Crippen LogP contribution in [0.4, 0.5) is 11.8 Å². The molecule has 1 aliphatic rings. The molecule has 4 nitrogen and oxygen atoms in total. The lowest BCUT2D eigenvalue weighted by Gasteiger charge is -2.27. The zero-order chi connectivity index (χ0) is 13.9. The van der Waals surface area contributed by atoms with Crippen LogP contribution in [-0.4, -0.2) is 23.1 Å². The van der Waals surface area contributed by atoms with E-state index in [-0.39, 0.29) is 0 Å². The van der Waals surface area contributed by atoms with Crippen LogP contribution in [0.1, 0.15) is 19.3 Å². The van der Waals surface area contributed by atoms with Gasteiger partial charge in [0.1, 0.15) is 5.82 Å². The standard InChI is InChI=1S/C15H17BrN4/c16-12-7-3-2-6-11(12)13-10-14(17)19-15(18-13)20-8-4-1-5-9-20/h2-3,6-7,10H,1,4-5,8-9H2,(H2,17,18,19). The van der Waals surface area contributed by atoms with Crippen molar-refractivity contribution in [2.75, 3.05) is 23.7 Å². The third-order valence-corrected chi connectivity index (χ3v) is 4.21. The molecule has 3 rings (SSSR count). The van der Waals surface area contributed by atoms with Crippen molar-refractivity contribution in [3.8, 4) is 11.3 Å². The van der Waals surface area contributed by atoms with E-state index in [9.17, 15) is 0 Å². The van der Waals surface area contributed by atoms with Gasteiger partial charge in [0.15, 0.2) is 0 Å². The maximum Gasteiger partial charge on any atom is 0.227 e. The summed E-state index contributed by atoms with van der Waals surface area (Å²) in [6.07, 6.45) is 3.68. The Balaban J connectivity index is 2.00. The summed E-state index contributed by atoms with van der Waals surface area (Å²) in [7, 11) is 0. The Kier molecular flexibility index (Phi) is 3.87. The second kappa shape index (κ2) is 5.79. The summed E-state index contributed by atoms with van der Waals surface area (Å²) >= 11 is 3.56. The molecule has 0 bridgehead atoms. The van der Waals surface area contributed by atoms with Gasteiger partial charge in [-0.1, -0.05) is 34.1 Å². The van der Waals surface area contributed by atoms with E-state index in [1.165, 1.54) is 19.3 Å². The van der Waals surface area contributed by atoms with Crippen LogP contribution in [0, 0.1) is 0 Å². The van der Waals surface area contributed by atoms with Gasteiger partial charge in [-0.05, 0) is 25.3 Å². The number of nitrogens with two attached hydrogens (primary N) is 1. The van der Waals surface area contributed by atoms with E-state index >= 15 is 0 Å². The van der Waals surface area contributed by atoms with Crippen LogP contribution >= 0.6 is 15.9 Å². The fraction of sp³-hybridized carbons (Fsp3) is 0.333. The average Bonchev–Trinajstić information content (AvgIpc) is 2.48. The largest absolute Gasteiger partial charge is 0.384 e. The van der Waals surface area contributed by atoms with Gasteiger partial charge in [-0.3, -0.25) is 0 Å². The molecule has 0 radical (unpaired) electrons. The smallest absolute Gasteiger partial charge is 0.227 e. The highest BCUT2D eigenvalue weighted by molar-refractivity contribution is 9.10. The molecule has 2 N–H and O–H groups in total. The van der Waals surface area contributed by atoms with Gasteiger partial charge in [0, 0.05) is 29.2 Å². The second-order valence-corrected chi connectivity index (χ2v) is 5.86. The van der Waals surface area contributed by atoms with Gasteiger partial charge in [0.2, 0.25) is 5.95 Å². The first kappa shape index (κ1) is 13.4.